The molecule has 0 aromatic rings. The van der Waals surface area contributed by atoms with Crippen LogP contribution in [-0.4, -0.2) is 18.0 Å². The molecule has 1 rings (SSSR count). The molecule has 1 aliphatic rings. The zero-order valence-corrected chi connectivity index (χ0v) is 9.96. The lowest BCUT2D eigenvalue weighted by Crippen LogP contribution is -2.44. The summed E-state index contributed by atoms with van der Waals surface area (Å²) in [6.07, 6.45) is 6.72. The average molecular weight is 212 g/mol. The monoisotopic (exact) mass is 212 g/mol. The van der Waals surface area contributed by atoms with Gasteiger partial charge in [0.25, 0.3) is 0 Å². The third-order valence-corrected chi connectivity index (χ3v) is 2.98. The maximum absolute atomic E-state index is 11.6. The molecule has 1 amide bonds. The summed E-state index contributed by atoms with van der Waals surface area (Å²) in [6, 6.07) is -0.0238. The van der Waals surface area contributed by atoms with Gasteiger partial charge in [0.15, 0.2) is 0 Å². The minimum absolute atomic E-state index is 0.0246. The van der Waals surface area contributed by atoms with Gasteiger partial charge < -0.3 is 11.1 Å². The molecule has 88 valence electrons. The zero-order chi connectivity index (χ0) is 11.3. The summed E-state index contributed by atoms with van der Waals surface area (Å²) in [6.45, 7) is 4.18. The third kappa shape index (κ3) is 5.17. The number of hydrogen-bond acceptors (Lipinski definition) is 2. The fourth-order valence-corrected chi connectivity index (χ4v) is 1.82. The van der Waals surface area contributed by atoms with Crippen LogP contribution in [-0.2, 0) is 4.79 Å². The molecule has 3 nitrogen and oxygen atoms in total. The summed E-state index contributed by atoms with van der Waals surface area (Å²) in [7, 11) is 0. The Balaban J connectivity index is 2.14. The van der Waals surface area contributed by atoms with Gasteiger partial charge in [0.1, 0.15) is 0 Å². The lowest BCUT2D eigenvalue weighted by Gasteiger charge is -2.17. The zero-order valence-electron chi connectivity index (χ0n) is 9.96. The molecular weight excluding hydrogens is 188 g/mol. The minimum Gasteiger partial charge on any atom is -0.352 e. The maximum atomic E-state index is 11.6. The largest absolute Gasteiger partial charge is 0.352 e. The molecule has 0 heterocycles. The van der Waals surface area contributed by atoms with Crippen LogP contribution in [0.3, 0.4) is 0 Å². The van der Waals surface area contributed by atoms with Crippen LogP contribution in [0.4, 0.5) is 0 Å². The highest BCUT2D eigenvalue weighted by Gasteiger charge is 2.24. The summed E-state index contributed by atoms with van der Waals surface area (Å²) in [4.78, 5) is 11.6. The van der Waals surface area contributed by atoms with Crippen molar-refractivity contribution < 1.29 is 4.79 Å². The van der Waals surface area contributed by atoms with Gasteiger partial charge in [-0.25, -0.2) is 0 Å². The van der Waals surface area contributed by atoms with Gasteiger partial charge in [-0.2, -0.15) is 0 Å². The Morgan fingerprint density at radius 2 is 2.20 bits per heavy atom. The van der Waals surface area contributed by atoms with Crippen molar-refractivity contribution in [2.24, 2.45) is 11.7 Å². The average Bonchev–Trinajstić information content (AvgIpc) is 2.97. The molecule has 15 heavy (non-hydrogen) atoms. The molecule has 0 aromatic heterocycles. The molecule has 2 atom stereocenters. The van der Waals surface area contributed by atoms with Crippen LogP contribution >= 0.6 is 0 Å². The van der Waals surface area contributed by atoms with Gasteiger partial charge in [-0.15, -0.1) is 0 Å². The van der Waals surface area contributed by atoms with Gasteiger partial charge in [0.2, 0.25) is 5.91 Å². The number of nitrogens with one attached hydrogen (secondary N) is 1. The van der Waals surface area contributed by atoms with Crippen LogP contribution in [0.25, 0.3) is 0 Å². The van der Waals surface area contributed by atoms with Crippen LogP contribution in [0.1, 0.15) is 52.4 Å². The summed E-state index contributed by atoms with van der Waals surface area (Å²) in [5.41, 5.74) is 5.79. The Hall–Kier alpha value is -0.570. The first-order chi connectivity index (χ1) is 7.13. The van der Waals surface area contributed by atoms with E-state index in [9.17, 15) is 4.79 Å². The fourth-order valence-electron chi connectivity index (χ4n) is 1.82. The second-order valence-corrected chi connectivity index (χ2v) is 4.84. The highest BCUT2D eigenvalue weighted by molar-refractivity contribution is 5.81. The Kier molecular flexibility index (Phi) is 5.09. The lowest BCUT2D eigenvalue weighted by molar-refractivity contribution is -0.123. The second-order valence-electron chi connectivity index (χ2n) is 4.84. The van der Waals surface area contributed by atoms with Gasteiger partial charge in [0.05, 0.1) is 6.04 Å². The van der Waals surface area contributed by atoms with Crippen molar-refractivity contribution in [3.8, 4) is 0 Å². The molecule has 1 saturated carbocycles. The molecular formula is C12H24N2O. The predicted molar refractivity (Wildman–Crippen MR) is 62.4 cm³/mol. The highest BCUT2D eigenvalue weighted by Crippen LogP contribution is 2.33. The normalized spacial score (nSPS) is 19.7. The number of carbonyl (C=O) groups excluding carboxylic acids is 1. The molecule has 1 aliphatic carbocycles. The lowest BCUT2D eigenvalue weighted by atomic mass is 10.1. The quantitative estimate of drug-likeness (QED) is 0.676. The smallest absolute Gasteiger partial charge is 0.237 e. The molecule has 0 radical (unpaired) electrons. The first kappa shape index (κ1) is 12.5. The van der Waals surface area contributed by atoms with E-state index in [-0.39, 0.29) is 18.0 Å². The van der Waals surface area contributed by atoms with Crippen molar-refractivity contribution >= 4 is 5.91 Å². The predicted octanol–water partition coefficient (Wildman–Crippen LogP) is 1.81. The van der Waals surface area contributed by atoms with E-state index in [1.165, 1.54) is 12.8 Å². The van der Waals surface area contributed by atoms with Crippen LogP contribution in [0.5, 0.6) is 0 Å². The number of amides is 1. The van der Waals surface area contributed by atoms with E-state index < -0.39 is 0 Å². The standard InChI is InChI=1S/C12H24N2O/c1-3-4-5-11(13)12(15)14-9(2)8-10-6-7-10/h9-11H,3-8,13H2,1-2H3,(H,14,15). The van der Waals surface area contributed by atoms with Gasteiger partial charge in [-0.05, 0) is 25.7 Å². The van der Waals surface area contributed by atoms with Gasteiger partial charge in [-0.3, -0.25) is 4.79 Å². The molecule has 0 aliphatic heterocycles. The number of hydrogen-bond donors (Lipinski definition) is 2. The molecule has 1 fully saturated rings. The number of rotatable bonds is 7. The molecule has 0 bridgehead atoms. The van der Waals surface area contributed by atoms with Crippen molar-refractivity contribution in [1.29, 1.82) is 0 Å². The van der Waals surface area contributed by atoms with Crippen molar-refractivity contribution in [2.45, 2.75) is 64.5 Å². The fraction of sp³-hybridized carbons (Fsp3) is 0.917. The van der Waals surface area contributed by atoms with E-state index >= 15 is 0 Å². The van der Waals surface area contributed by atoms with Crippen LogP contribution < -0.4 is 11.1 Å². The molecule has 3 heteroatoms. The van der Waals surface area contributed by atoms with E-state index in [1.807, 2.05) is 0 Å². The first-order valence-electron chi connectivity index (χ1n) is 6.19. The number of carbonyl (C=O) groups is 1. The van der Waals surface area contributed by atoms with Crippen molar-refractivity contribution in [3.05, 3.63) is 0 Å². The first-order valence-corrected chi connectivity index (χ1v) is 6.19. The Labute approximate surface area is 92.8 Å². The van der Waals surface area contributed by atoms with Crippen molar-refractivity contribution in [1.82, 2.24) is 5.32 Å². The van der Waals surface area contributed by atoms with Crippen molar-refractivity contribution in [2.75, 3.05) is 0 Å². The van der Waals surface area contributed by atoms with Crippen LogP contribution in [0.15, 0.2) is 0 Å². The van der Waals surface area contributed by atoms with Crippen molar-refractivity contribution in [3.63, 3.8) is 0 Å². The molecule has 3 N–H and O–H groups in total. The van der Waals surface area contributed by atoms with Crippen LogP contribution in [0, 0.1) is 5.92 Å². The second kappa shape index (κ2) is 6.11. The van der Waals surface area contributed by atoms with Gasteiger partial charge in [0, 0.05) is 6.04 Å². The van der Waals surface area contributed by atoms with E-state index in [2.05, 4.69) is 19.2 Å². The molecule has 0 saturated heterocycles. The van der Waals surface area contributed by atoms with Crippen LogP contribution in [0.2, 0.25) is 0 Å². The van der Waals surface area contributed by atoms with E-state index in [1.54, 1.807) is 0 Å². The SMILES string of the molecule is CCCCC(N)C(=O)NC(C)CC1CC1. The highest BCUT2D eigenvalue weighted by atomic mass is 16.2. The Bertz CT molecular complexity index is 202. The summed E-state index contributed by atoms with van der Waals surface area (Å²) in [5.74, 6) is 0.878. The van der Waals surface area contributed by atoms with E-state index in [0.29, 0.717) is 0 Å². The maximum Gasteiger partial charge on any atom is 0.237 e. The molecule has 2 unspecified atom stereocenters. The summed E-state index contributed by atoms with van der Waals surface area (Å²) in [5, 5.41) is 3.00. The Morgan fingerprint density at radius 1 is 1.53 bits per heavy atom. The number of nitrogens with two attached hydrogens (primary N) is 1. The topological polar surface area (TPSA) is 55.1 Å². The summed E-state index contributed by atoms with van der Waals surface area (Å²) >= 11 is 0. The van der Waals surface area contributed by atoms with Gasteiger partial charge >= 0.3 is 0 Å². The number of unbranched alkanes of at least 4 members (excludes halogenated alkanes) is 1. The third-order valence-electron chi connectivity index (χ3n) is 2.98. The minimum atomic E-state index is -0.313. The molecule has 0 spiro atoms. The molecule has 0 aromatic carbocycles. The van der Waals surface area contributed by atoms with E-state index in [0.717, 1.165) is 31.6 Å². The summed E-state index contributed by atoms with van der Waals surface area (Å²) < 4.78 is 0. The van der Waals surface area contributed by atoms with Gasteiger partial charge in [-0.1, -0.05) is 32.6 Å². The Morgan fingerprint density at radius 3 is 2.73 bits per heavy atom. The van der Waals surface area contributed by atoms with E-state index in [4.69, 9.17) is 5.73 Å².